The van der Waals surface area contributed by atoms with E-state index in [2.05, 4.69) is 21.4 Å². The fourth-order valence-electron chi connectivity index (χ4n) is 0.901. The highest BCUT2D eigenvalue weighted by Gasteiger charge is 1.95. The van der Waals surface area contributed by atoms with Crippen LogP contribution in [0.4, 0.5) is 0 Å². The van der Waals surface area contributed by atoms with E-state index in [0.29, 0.717) is 0 Å². The number of rotatable bonds is 1. The number of aromatic amines is 1. The van der Waals surface area contributed by atoms with E-state index in [1.807, 2.05) is 12.1 Å². The summed E-state index contributed by atoms with van der Waals surface area (Å²) in [6.45, 7) is 0. The first-order valence-electron chi connectivity index (χ1n) is 3.28. The van der Waals surface area contributed by atoms with Crippen molar-refractivity contribution in [2.45, 2.75) is 0 Å². The van der Waals surface area contributed by atoms with E-state index in [-0.39, 0.29) is 0 Å². The third-order valence-corrected chi connectivity index (χ3v) is 1.44. The van der Waals surface area contributed by atoms with Crippen LogP contribution in [-0.2, 0) is 0 Å². The number of aromatic nitrogens is 3. The second kappa shape index (κ2) is 2.54. The fourth-order valence-corrected chi connectivity index (χ4v) is 0.901. The minimum absolute atomic E-state index is 0.965. The average molecular weight is 144 g/mol. The molecule has 0 unspecified atom stereocenters. The van der Waals surface area contributed by atoms with Crippen molar-refractivity contribution in [3.8, 4) is 11.3 Å². The third kappa shape index (κ3) is 1.12. The summed E-state index contributed by atoms with van der Waals surface area (Å²) in [5.74, 6) is 0. The first-order valence-corrected chi connectivity index (χ1v) is 3.28. The Morgan fingerprint density at radius 3 is 2.73 bits per heavy atom. The van der Waals surface area contributed by atoms with Crippen molar-refractivity contribution in [2.75, 3.05) is 0 Å². The molecular formula is C8H6N3. The summed E-state index contributed by atoms with van der Waals surface area (Å²) in [7, 11) is 0. The largest absolute Gasteiger partial charge is 0.277 e. The Morgan fingerprint density at radius 1 is 1.27 bits per heavy atom. The second-order valence-electron chi connectivity index (χ2n) is 2.15. The summed E-state index contributed by atoms with van der Waals surface area (Å²) in [5.41, 5.74) is 2.04. The van der Waals surface area contributed by atoms with Crippen LogP contribution in [-0.4, -0.2) is 15.2 Å². The monoisotopic (exact) mass is 144 g/mol. The Hall–Kier alpha value is -1.64. The lowest BCUT2D eigenvalue weighted by atomic mass is 10.2. The fraction of sp³-hybridized carbons (Fsp3) is 0. The summed E-state index contributed by atoms with van der Waals surface area (Å²) in [5, 5.41) is 6.55. The van der Waals surface area contributed by atoms with Crippen LogP contribution in [0.5, 0.6) is 0 Å². The molecule has 0 amide bonds. The Bertz CT molecular complexity index is 312. The maximum absolute atomic E-state index is 3.91. The van der Waals surface area contributed by atoms with E-state index in [9.17, 15) is 0 Å². The summed E-state index contributed by atoms with van der Waals surface area (Å²) in [6.07, 6.45) is 6.19. The highest BCUT2D eigenvalue weighted by atomic mass is 15.1. The van der Waals surface area contributed by atoms with Gasteiger partial charge in [-0.2, -0.15) is 5.10 Å². The van der Waals surface area contributed by atoms with Crippen molar-refractivity contribution in [1.82, 2.24) is 15.2 Å². The quantitative estimate of drug-likeness (QED) is 0.654. The number of pyridine rings is 1. The second-order valence-corrected chi connectivity index (χ2v) is 2.15. The molecule has 0 bridgehead atoms. The van der Waals surface area contributed by atoms with E-state index < -0.39 is 0 Å². The van der Waals surface area contributed by atoms with Crippen LogP contribution in [0.25, 0.3) is 11.3 Å². The van der Waals surface area contributed by atoms with E-state index >= 15 is 0 Å². The van der Waals surface area contributed by atoms with Gasteiger partial charge in [0.25, 0.3) is 0 Å². The number of nitrogens with one attached hydrogen (secondary N) is 1. The van der Waals surface area contributed by atoms with E-state index in [1.165, 1.54) is 0 Å². The van der Waals surface area contributed by atoms with Gasteiger partial charge in [0, 0.05) is 18.0 Å². The van der Waals surface area contributed by atoms with Crippen LogP contribution in [0.15, 0.2) is 30.6 Å². The Labute approximate surface area is 64.1 Å². The molecule has 0 aromatic carbocycles. The van der Waals surface area contributed by atoms with Crippen LogP contribution < -0.4 is 0 Å². The highest BCUT2D eigenvalue weighted by Crippen LogP contribution is 2.12. The number of hydrogen-bond acceptors (Lipinski definition) is 2. The minimum atomic E-state index is 0.965. The molecule has 2 rings (SSSR count). The molecular weight excluding hydrogens is 138 g/mol. The molecule has 11 heavy (non-hydrogen) atoms. The molecule has 2 aromatic rings. The molecule has 0 saturated carbocycles. The maximum atomic E-state index is 3.91. The third-order valence-electron chi connectivity index (χ3n) is 1.44. The molecule has 0 spiro atoms. The zero-order valence-electron chi connectivity index (χ0n) is 5.78. The zero-order chi connectivity index (χ0) is 7.52. The van der Waals surface area contributed by atoms with Crippen molar-refractivity contribution < 1.29 is 0 Å². The van der Waals surface area contributed by atoms with Gasteiger partial charge in [0.05, 0.1) is 5.69 Å². The van der Waals surface area contributed by atoms with Gasteiger partial charge in [-0.05, 0) is 18.2 Å². The van der Waals surface area contributed by atoms with E-state index in [0.717, 1.165) is 11.3 Å². The van der Waals surface area contributed by atoms with Crippen LogP contribution in [0.1, 0.15) is 0 Å². The van der Waals surface area contributed by atoms with Gasteiger partial charge in [-0.25, -0.2) is 0 Å². The standard InChI is InChI=1S/C8H6N3/c1-4-9-5-2-7(1)8-3-6-10-11-8/h1-5H,(H,10,11). The van der Waals surface area contributed by atoms with Crippen LogP contribution in [0, 0.1) is 6.20 Å². The lowest BCUT2D eigenvalue weighted by Crippen LogP contribution is -1.77. The number of nitrogens with zero attached hydrogens (tertiary/aromatic N) is 2. The first-order chi connectivity index (χ1) is 5.47. The summed E-state index contributed by atoms with van der Waals surface area (Å²) < 4.78 is 0. The lowest BCUT2D eigenvalue weighted by Gasteiger charge is -1.92. The van der Waals surface area contributed by atoms with Crippen LogP contribution in [0.3, 0.4) is 0 Å². The lowest BCUT2D eigenvalue weighted by molar-refractivity contribution is 1.09. The molecule has 3 nitrogen and oxygen atoms in total. The van der Waals surface area contributed by atoms with Crippen molar-refractivity contribution in [3.63, 3.8) is 0 Å². The molecule has 53 valence electrons. The van der Waals surface area contributed by atoms with Crippen LogP contribution >= 0.6 is 0 Å². The minimum Gasteiger partial charge on any atom is -0.277 e. The van der Waals surface area contributed by atoms with Crippen molar-refractivity contribution in [3.05, 3.63) is 36.8 Å². The summed E-state index contributed by atoms with van der Waals surface area (Å²) in [6, 6.07) is 5.64. The zero-order valence-corrected chi connectivity index (χ0v) is 5.78. The van der Waals surface area contributed by atoms with Gasteiger partial charge in [0.15, 0.2) is 0 Å². The summed E-state index contributed by atoms with van der Waals surface area (Å²) in [4.78, 5) is 3.91. The normalized spacial score (nSPS) is 9.82. The Kier molecular flexibility index (Phi) is 1.41. The number of hydrogen-bond donors (Lipinski definition) is 1. The molecule has 0 aliphatic rings. The Balaban J connectivity index is 2.46. The predicted octanol–water partition coefficient (Wildman–Crippen LogP) is 1.27. The number of H-pyrrole nitrogens is 1. The molecule has 1 N–H and O–H groups in total. The molecule has 1 radical (unpaired) electrons. The van der Waals surface area contributed by atoms with Gasteiger partial charge in [-0.3, -0.25) is 10.1 Å². The van der Waals surface area contributed by atoms with Gasteiger partial charge in [0.2, 0.25) is 0 Å². The van der Waals surface area contributed by atoms with Gasteiger partial charge < -0.3 is 0 Å². The topological polar surface area (TPSA) is 41.6 Å². The highest BCUT2D eigenvalue weighted by molar-refractivity contribution is 5.56. The maximum Gasteiger partial charge on any atom is 0.113 e. The molecule has 3 heteroatoms. The SMILES string of the molecule is [c]1cc(-c2ccncc2)[nH]n1. The Morgan fingerprint density at radius 2 is 2.09 bits per heavy atom. The predicted molar refractivity (Wildman–Crippen MR) is 40.7 cm³/mol. The molecule has 2 heterocycles. The van der Waals surface area contributed by atoms with Gasteiger partial charge >= 0.3 is 0 Å². The first kappa shape index (κ1) is 6.09. The van der Waals surface area contributed by atoms with E-state index in [4.69, 9.17) is 0 Å². The van der Waals surface area contributed by atoms with Crippen LogP contribution in [0.2, 0.25) is 0 Å². The smallest absolute Gasteiger partial charge is 0.113 e. The van der Waals surface area contributed by atoms with Gasteiger partial charge in [0.1, 0.15) is 6.20 Å². The molecule has 2 aromatic heterocycles. The van der Waals surface area contributed by atoms with Gasteiger partial charge in [-0.1, -0.05) is 0 Å². The average Bonchev–Trinajstić information content (AvgIpc) is 2.58. The molecule has 0 aliphatic carbocycles. The molecule has 0 saturated heterocycles. The van der Waals surface area contributed by atoms with Crippen molar-refractivity contribution in [2.24, 2.45) is 0 Å². The van der Waals surface area contributed by atoms with Crippen molar-refractivity contribution in [1.29, 1.82) is 0 Å². The van der Waals surface area contributed by atoms with E-state index in [1.54, 1.807) is 18.5 Å². The van der Waals surface area contributed by atoms with Crippen molar-refractivity contribution >= 4 is 0 Å². The van der Waals surface area contributed by atoms with Gasteiger partial charge in [-0.15, -0.1) is 0 Å². The molecule has 0 atom stereocenters. The molecule has 0 aliphatic heterocycles. The molecule has 0 fully saturated rings. The summed E-state index contributed by atoms with van der Waals surface area (Å²) >= 11 is 0.